The molecule has 2 aromatic carbocycles. The lowest BCUT2D eigenvalue weighted by atomic mass is 9.84. The number of para-hydroxylation sites is 1. The quantitative estimate of drug-likeness (QED) is 0.742. The standard InChI is InChI=1S/C19H20O/c1-3-15-14-19(4-2,16-10-6-5-7-11-16)20-18-13-9-8-12-17(15)18/h5-14H,3-4H2,1-2H3. The van der Waals surface area contributed by atoms with Crippen LogP contribution in [0, 0.1) is 0 Å². The summed E-state index contributed by atoms with van der Waals surface area (Å²) in [6.45, 7) is 4.39. The van der Waals surface area contributed by atoms with E-state index in [0.29, 0.717) is 0 Å². The summed E-state index contributed by atoms with van der Waals surface area (Å²) in [6.07, 6.45) is 4.26. The van der Waals surface area contributed by atoms with Crippen molar-refractivity contribution in [1.29, 1.82) is 0 Å². The Morgan fingerprint density at radius 3 is 2.30 bits per heavy atom. The van der Waals surface area contributed by atoms with Crippen LogP contribution in [0.25, 0.3) is 5.57 Å². The van der Waals surface area contributed by atoms with Gasteiger partial charge >= 0.3 is 0 Å². The van der Waals surface area contributed by atoms with Crippen molar-refractivity contribution >= 4 is 5.57 Å². The Kier molecular flexibility index (Phi) is 3.35. The van der Waals surface area contributed by atoms with Crippen LogP contribution in [0.1, 0.15) is 37.8 Å². The summed E-state index contributed by atoms with van der Waals surface area (Å²) < 4.78 is 6.41. The van der Waals surface area contributed by atoms with E-state index in [1.54, 1.807) is 0 Å². The van der Waals surface area contributed by atoms with Crippen LogP contribution in [0.3, 0.4) is 0 Å². The van der Waals surface area contributed by atoms with E-state index >= 15 is 0 Å². The van der Waals surface area contributed by atoms with E-state index in [9.17, 15) is 0 Å². The van der Waals surface area contributed by atoms with Gasteiger partial charge in [0.1, 0.15) is 5.75 Å². The SMILES string of the molecule is CCC1=CC(CC)(c2ccccc2)Oc2ccccc21. The van der Waals surface area contributed by atoms with E-state index in [-0.39, 0.29) is 5.60 Å². The molecule has 0 radical (unpaired) electrons. The molecule has 102 valence electrons. The third-order valence-electron chi connectivity index (χ3n) is 4.10. The number of allylic oxidation sites excluding steroid dienone is 1. The van der Waals surface area contributed by atoms with Crippen LogP contribution in [0.2, 0.25) is 0 Å². The highest BCUT2D eigenvalue weighted by molar-refractivity contribution is 5.73. The van der Waals surface area contributed by atoms with Crippen molar-refractivity contribution in [2.24, 2.45) is 0 Å². The van der Waals surface area contributed by atoms with Crippen LogP contribution in [-0.2, 0) is 5.60 Å². The van der Waals surface area contributed by atoms with Crippen LogP contribution in [0.4, 0.5) is 0 Å². The second-order valence-corrected chi connectivity index (χ2v) is 5.23. The largest absolute Gasteiger partial charge is 0.478 e. The molecule has 2 aromatic rings. The predicted octanol–water partition coefficient (Wildman–Crippen LogP) is 5.18. The summed E-state index contributed by atoms with van der Waals surface area (Å²) in [5, 5.41) is 0. The molecule has 1 heteroatoms. The maximum absolute atomic E-state index is 6.41. The van der Waals surface area contributed by atoms with Gasteiger partial charge in [0.2, 0.25) is 0 Å². The highest BCUT2D eigenvalue weighted by Gasteiger charge is 2.34. The molecule has 0 saturated heterocycles. The fourth-order valence-electron chi connectivity index (χ4n) is 2.94. The molecule has 0 aliphatic carbocycles. The van der Waals surface area contributed by atoms with Gasteiger partial charge in [-0.1, -0.05) is 62.4 Å². The van der Waals surface area contributed by atoms with Gasteiger partial charge < -0.3 is 4.74 Å². The second kappa shape index (κ2) is 5.16. The Hall–Kier alpha value is -2.02. The summed E-state index contributed by atoms with van der Waals surface area (Å²) in [5.74, 6) is 0.998. The fraction of sp³-hybridized carbons (Fsp3) is 0.263. The zero-order chi connectivity index (χ0) is 14.0. The van der Waals surface area contributed by atoms with Crippen LogP contribution >= 0.6 is 0 Å². The Bertz CT molecular complexity index is 627. The second-order valence-electron chi connectivity index (χ2n) is 5.23. The van der Waals surface area contributed by atoms with Crippen LogP contribution in [0.15, 0.2) is 60.7 Å². The number of benzene rings is 2. The lowest BCUT2D eigenvalue weighted by molar-refractivity contribution is 0.111. The zero-order valence-corrected chi connectivity index (χ0v) is 12.1. The van der Waals surface area contributed by atoms with Crippen molar-refractivity contribution in [3.8, 4) is 5.75 Å². The Morgan fingerprint density at radius 2 is 1.60 bits per heavy atom. The van der Waals surface area contributed by atoms with Gasteiger partial charge in [0.15, 0.2) is 5.60 Å². The molecular weight excluding hydrogens is 244 g/mol. The van der Waals surface area contributed by atoms with Crippen LogP contribution in [0.5, 0.6) is 5.75 Å². The van der Waals surface area contributed by atoms with E-state index < -0.39 is 0 Å². The Balaban J connectivity index is 2.16. The molecule has 1 aliphatic heterocycles. The highest BCUT2D eigenvalue weighted by Crippen LogP contribution is 2.43. The third kappa shape index (κ3) is 2.03. The maximum Gasteiger partial charge on any atom is 0.152 e. The fourth-order valence-corrected chi connectivity index (χ4v) is 2.94. The smallest absolute Gasteiger partial charge is 0.152 e. The first-order valence-electron chi connectivity index (χ1n) is 7.34. The van der Waals surface area contributed by atoms with Crippen molar-refractivity contribution in [2.75, 3.05) is 0 Å². The summed E-state index contributed by atoms with van der Waals surface area (Å²) in [6, 6.07) is 18.9. The Labute approximate surface area is 120 Å². The molecule has 0 saturated carbocycles. The van der Waals surface area contributed by atoms with E-state index in [4.69, 9.17) is 4.74 Å². The topological polar surface area (TPSA) is 9.23 Å². The molecule has 1 unspecified atom stereocenters. The first-order valence-corrected chi connectivity index (χ1v) is 7.34. The molecule has 0 N–H and O–H groups in total. The minimum absolute atomic E-state index is 0.332. The van der Waals surface area contributed by atoms with Crippen molar-refractivity contribution in [3.05, 3.63) is 71.8 Å². The molecular formula is C19H20O. The number of hydrogen-bond donors (Lipinski definition) is 0. The number of ether oxygens (including phenoxy) is 1. The maximum atomic E-state index is 6.41. The lowest BCUT2D eigenvalue weighted by Gasteiger charge is -2.37. The minimum Gasteiger partial charge on any atom is -0.478 e. The van der Waals surface area contributed by atoms with E-state index in [1.165, 1.54) is 16.7 Å². The van der Waals surface area contributed by atoms with Gasteiger partial charge in [-0.2, -0.15) is 0 Å². The summed E-state index contributed by atoms with van der Waals surface area (Å²) in [5.41, 5.74) is 3.50. The molecule has 0 aromatic heterocycles. The number of hydrogen-bond acceptors (Lipinski definition) is 1. The van der Waals surface area contributed by atoms with Gasteiger partial charge in [-0.25, -0.2) is 0 Å². The van der Waals surface area contributed by atoms with Gasteiger partial charge in [-0.05, 0) is 36.1 Å². The number of fused-ring (bicyclic) bond motifs is 1. The molecule has 1 nitrogen and oxygen atoms in total. The molecule has 1 heterocycles. The van der Waals surface area contributed by atoms with Crippen molar-refractivity contribution in [1.82, 2.24) is 0 Å². The third-order valence-corrected chi connectivity index (χ3v) is 4.10. The Morgan fingerprint density at radius 1 is 0.900 bits per heavy atom. The molecule has 0 bridgehead atoms. The first kappa shape index (κ1) is 13.0. The minimum atomic E-state index is -0.332. The van der Waals surface area contributed by atoms with Crippen LogP contribution in [-0.4, -0.2) is 0 Å². The van der Waals surface area contributed by atoms with E-state index in [1.807, 2.05) is 12.1 Å². The van der Waals surface area contributed by atoms with E-state index in [2.05, 4.69) is 62.4 Å². The summed E-state index contributed by atoms with van der Waals surface area (Å²) in [4.78, 5) is 0. The van der Waals surface area contributed by atoms with Gasteiger partial charge in [-0.15, -0.1) is 0 Å². The molecule has 0 spiro atoms. The normalized spacial score (nSPS) is 20.8. The number of rotatable bonds is 3. The molecule has 20 heavy (non-hydrogen) atoms. The summed E-state index contributed by atoms with van der Waals surface area (Å²) >= 11 is 0. The monoisotopic (exact) mass is 264 g/mol. The van der Waals surface area contributed by atoms with Crippen LogP contribution < -0.4 is 4.74 Å². The highest BCUT2D eigenvalue weighted by atomic mass is 16.5. The lowest BCUT2D eigenvalue weighted by Crippen LogP contribution is -2.33. The summed E-state index contributed by atoms with van der Waals surface area (Å²) in [7, 11) is 0. The molecule has 3 rings (SSSR count). The van der Waals surface area contributed by atoms with Crippen molar-refractivity contribution in [2.45, 2.75) is 32.3 Å². The van der Waals surface area contributed by atoms with E-state index in [0.717, 1.165) is 18.6 Å². The average molecular weight is 264 g/mol. The molecule has 0 amide bonds. The van der Waals surface area contributed by atoms with Crippen molar-refractivity contribution in [3.63, 3.8) is 0 Å². The molecule has 1 atom stereocenters. The van der Waals surface area contributed by atoms with Gasteiger partial charge in [-0.3, -0.25) is 0 Å². The molecule has 1 aliphatic rings. The average Bonchev–Trinajstić information content (AvgIpc) is 2.54. The van der Waals surface area contributed by atoms with Crippen molar-refractivity contribution < 1.29 is 4.74 Å². The predicted molar refractivity (Wildman–Crippen MR) is 83.7 cm³/mol. The first-order chi connectivity index (χ1) is 9.79. The zero-order valence-electron chi connectivity index (χ0n) is 12.1. The molecule has 0 fully saturated rings. The van der Waals surface area contributed by atoms with Gasteiger partial charge in [0.25, 0.3) is 0 Å². The van der Waals surface area contributed by atoms with Gasteiger partial charge in [0.05, 0.1) is 0 Å². The van der Waals surface area contributed by atoms with Gasteiger partial charge in [0, 0.05) is 5.56 Å².